The molecule has 0 unspecified atom stereocenters. The number of pyridine rings is 1. The molecule has 1 aromatic carbocycles. The summed E-state index contributed by atoms with van der Waals surface area (Å²) >= 11 is 1.57. The van der Waals surface area contributed by atoms with E-state index in [1.165, 1.54) is 19.3 Å². The molecule has 4 heterocycles. The Balaban J connectivity index is 1.42. The standard InChI is InChI=1S/C26H28N8OS/c1-16-25(35)34(20-9-11-23(36-2)27-14-20)22-15-28-26(30-18-8-10-21-17(12-18)13-29-32-21)31-24(22)33(16)19-6-4-3-5-7-19/h8-16,19H,3-7H2,1-2H3,(H,29,32)(H,28,30,31)/t16-/m1/s1. The molecule has 1 fully saturated rings. The largest absolute Gasteiger partial charge is 0.340 e. The van der Waals surface area contributed by atoms with Gasteiger partial charge in [0.1, 0.15) is 11.7 Å². The first-order chi connectivity index (χ1) is 17.6. The molecule has 1 aliphatic heterocycles. The molecule has 36 heavy (non-hydrogen) atoms. The van der Waals surface area contributed by atoms with E-state index >= 15 is 0 Å². The summed E-state index contributed by atoms with van der Waals surface area (Å²) in [7, 11) is 0. The van der Waals surface area contributed by atoms with Crippen LogP contribution in [-0.4, -0.2) is 49.4 Å². The quantitative estimate of drug-likeness (QED) is 0.350. The predicted octanol–water partition coefficient (Wildman–Crippen LogP) is 5.42. The minimum atomic E-state index is -0.342. The van der Waals surface area contributed by atoms with Crippen LogP contribution in [0.25, 0.3) is 10.9 Å². The van der Waals surface area contributed by atoms with Crippen LogP contribution in [0.1, 0.15) is 39.0 Å². The van der Waals surface area contributed by atoms with Gasteiger partial charge in [0.2, 0.25) is 5.95 Å². The highest BCUT2D eigenvalue weighted by atomic mass is 32.2. The van der Waals surface area contributed by atoms with Crippen LogP contribution in [-0.2, 0) is 4.79 Å². The van der Waals surface area contributed by atoms with Crippen molar-refractivity contribution in [1.82, 2.24) is 25.1 Å². The van der Waals surface area contributed by atoms with Gasteiger partial charge < -0.3 is 10.2 Å². The normalized spacial score (nSPS) is 18.5. The first kappa shape index (κ1) is 22.8. The van der Waals surface area contributed by atoms with Crippen LogP contribution in [0.2, 0.25) is 0 Å². The number of fused-ring (bicyclic) bond motifs is 2. The van der Waals surface area contributed by atoms with Gasteiger partial charge in [-0.1, -0.05) is 19.3 Å². The van der Waals surface area contributed by atoms with Gasteiger partial charge in [0.15, 0.2) is 5.82 Å². The summed E-state index contributed by atoms with van der Waals surface area (Å²) in [5.41, 5.74) is 3.27. The van der Waals surface area contributed by atoms with Crippen molar-refractivity contribution in [3.63, 3.8) is 0 Å². The first-order valence-corrected chi connectivity index (χ1v) is 13.5. The van der Waals surface area contributed by atoms with Gasteiger partial charge in [0, 0.05) is 17.1 Å². The molecule has 0 spiro atoms. The number of nitrogens with zero attached hydrogens (tertiary/aromatic N) is 6. The van der Waals surface area contributed by atoms with E-state index in [9.17, 15) is 4.79 Å². The fourth-order valence-electron chi connectivity index (χ4n) is 5.27. The van der Waals surface area contributed by atoms with Crippen LogP contribution in [0.4, 0.5) is 28.8 Å². The number of rotatable bonds is 5. The Morgan fingerprint density at radius 1 is 1.06 bits per heavy atom. The summed E-state index contributed by atoms with van der Waals surface area (Å²) in [6.07, 6.45) is 13.0. The van der Waals surface area contributed by atoms with Crippen LogP contribution in [0.5, 0.6) is 0 Å². The predicted molar refractivity (Wildman–Crippen MR) is 143 cm³/mol. The van der Waals surface area contributed by atoms with Gasteiger partial charge in [-0.2, -0.15) is 10.1 Å². The van der Waals surface area contributed by atoms with Crippen molar-refractivity contribution < 1.29 is 4.79 Å². The van der Waals surface area contributed by atoms with E-state index in [0.29, 0.717) is 11.6 Å². The second kappa shape index (κ2) is 9.42. The summed E-state index contributed by atoms with van der Waals surface area (Å²) in [6, 6.07) is 9.78. The zero-order valence-electron chi connectivity index (χ0n) is 20.3. The lowest BCUT2D eigenvalue weighted by atomic mass is 9.92. The Hall–Kier alpha value is -3.66. The van der Waals surface area contributed by atoms with Crippen molar-refractivity contribution in [2.45, 2.75) is 56.1 Å². The average molecular weight is 501 g/mol. The van der Waals surface area contributed by atoms with Crippen LogP contribution in [0, 0.1) is 0 Å². The topological polar surface area (TPSA) is 103 Å². The summed E-state index contributed by atoms with van der Waals surface area (Å²) < 4.78 is 0. The number of aromatic nitrogens is 5. The van der Waals surface area contributed by atoms with Crippen molar-refractivity contribution in [2.24, 2.45) is 0 Å². The van der Waals surface area contributed by atoms with Gasteiger partial charge in [0.05, 0.1) is 34.8 Å². The van der Waals surface area contributed by atoms with E-state index in [2.05, 4.69) is 30.4 Å². The maximum absolute atomic E-state index is 13.7. The zero-order valence-corrected chi connectivity index (χ0v) is 21.1. The number of carbonyl (C=O) groups excluding carboxylic acids is 1. The van der Waals surface area contributed by atoms with Crippen molar-refractivity contribution in [3.05, 3.63) is 48.9 Å². The van der Waals surface area contributed by atoms with Crippen LogP contribution in [0.15, 0.2) is 53.9 Å². The Labute approximate surface area is 213 Å². The van der Waals surface area contributed by atoms with Gasteiger partial charge in [0.25, 0.3) is 5.91 Å². The first-order valence-electron chi connectivity index (χ1n) is 12.3. The third kappa shape index (κ3) is 4.05. The van der Waals surface area contributed by atoms with Gasteiger partial charge in [-0.25, -0.2) is 9.97 Å². The number of hydrogen-bond acceptors (Lipinski definition) is 8. The summed E-state index contributed by atoms with van der Waals surface area (Å²) in [4.78, 5) is 31.8. The number of aromatic amines is 1. The second-order valence-electron chi connectivity index (χ2n) is 9.31. The van der Waals surface area contributed by atoms with E-state index in [1.807, 2.05) is 43.5 Å². The minimum Gasteiger partial charge on any atom is -0.340 e. The van der Waals surface area contributed by atoms with Crippen LogP contribution in [0.3, 0.4) is 0 Å². The minimum absolute atomic E-state index is 0.0153. The van der Waals surface area contributed by atoms with Crippen LogP contribution >= 0.6 is 11.8 Å². The summed E-state index contributed by atoms with van der Waals surface area (Å²) in [5.74, 6) is 1.29. The van der Waals surface area contributed by atoms with Crippen molar-refractivity contribution in [2.75, 3.05) is 21.4 Å². The van der Waals surface area contributed by atoms with E-state index < -0.39 is 0 Å². The van der Waals surface area contributed by atoms with Crippen molar-refractivity contribution in [1.29, 1.82) is 0 Å². The molecule has 2 aliphatic rings. The fraction of sp³-hybridized carbons (Fsp3) is 0.346. The summed E-state index contributed by atoms with van der Waals surface area (Å²) in [6.45, 7) is 1.98. The molecular weight excluding hydrogens is 472 g/mol. The molecule has 2 N–H and O–H groups in total. The van der Waals surface area contributed by atoms with Gasteiger partial charge in [-0.05, 0) is 56.4 Å². The Kier molecular flexibility index (Phi) is 5.96. The smallest absolute Gasteiger partial charge is 0.254 e. The molecule has 0 radical (unpaired) electrons. The monoisotopic (exact) mass is 500 g/mol. The molecule has 4 aromatic rings. The van der Waals surface area contributed by atoms with Gasteiger partial charge >= 0.3 is 0 Å². The average Bonchev–Trinajstić information content (AvgIpc) is 3.38. The molecule has 0 saturated heterocycles. The third-order valence-electron chi connectivity index (χ3n) is 7.08. The number of benzene rings is 1. The molecular formula is C26H28N8OS. The van der Waals surface area contributed by atoms with E-state index in [1.54, 1.807) is 35.3 Å². The molecule has 9 nitrogen and oxygen atoms in total. The molecule has 10 heteroatoms. The maximum Gasteiger partial charge on any atom is 0.254 e. The molecule has 6 rings (SSSR count). The number of carbonyl (C=O) groups is 1. The molecule has 184 valence electrons. The highest BCUT2D eigenvalue weighted by Gasteiger charge is 2.41. The molecule has 1 aliphatic carbocycles. The van der Waals surface area contributed by atoms with E-state index in [4.69, 9.17) is 4.98 Å². The highest BCUT2D eigenvalue weighted by molar-refractivity contribution is 7.98. The Bertz CT molecular complexity index is 1400. The molecule has 1 saturated carbocycles. The number of thioether (sulfide) groups is 1. The highest BCUT2D eigenvalue weighted by Crippen LogP contribution is 2.42. The zero-order chi connectivity index (χ0) is 24.6. The lowest BCUT2D eigenvalue weighted by molar-refractivity contribution is -0.119. The van der Waals surface area contributed by atoms with Crippen LogP contribution < -0.4 is 15.1 Å². The Morgan fingerprint density at radius 2 is 1.92 bits per heavy atom. The van der Waals surface area contributed by atoms with E-state index in [-0.39, 0.29) is 18.0 Å². The lowest BCUT2D eigenvalue weighted by Gasteiger charge is -2.45. The molecule has 1 atom stereocenters. The molecule has 0 bridgehead atoms. The lowest BCUT2D eigenvalue weighted by Crippen LogP contribution is -2.55. The van der Waals surface area contributed by atoms with Gasteiger partial charge in [-0.3, -0.25) is 14.8 Å². The van der Waals surface area contributed by atoms with Crippen molar-refractivity contribution >= 4 is 57.4 Å². The number of amides is 1. The van der Waals surface area contributed by atoms with E-state index in [0.717, 1.165) is 46.0 Å². The Morgan fingerprint density at radius 3 is 2.69 bits per heavy atom. The SMILES string of the molecule is CSc1ccc(N2C(=O)[C@@H](C)N(C3CCCCC3)c3nc(Nc4ccc5[nH]ncc5c4)ncc32)cn1. The number of hydrogen-bond donors (Lipinski definition) is 2. The van der Waals surface area contributed by atoms with Crippen molar-refractivity contribution in [3.8, 4) is 0 Å². The van der Waals surface area contributed by atoms with Gasteiger partial charge in [-0.15, -0.1) is 11.8 Å². The molecule has 1 amide bonds. The summed E-state index contributed by atoms with van der Waals surface area (Å²) in [5, 5.41) is 12.3. The number of nitrogens with one attached hydrogen (secondary N) is 2. The second-order valence-corrected chi connectivity index (χ2v) is 10.1. The number of H-pyrrole nitrogens is 1. The molecule has 3 aromatic heterocycles. The third-order valence-corrected chi connectivity index (χ3v) is 7.74. The fourth-order valence-corrected chi connectivity index (χ4v) is 5.63. The number of anilines is 5. The maximum atomic E-state index is 13.7.